The molecule has 1 N–H and O–H groups in total. The Morgan fingerprint density at radius 3 is 2.49 bits per heavy atom. The number of ether oxygens (including phenoxy) is 3. The molecule has 1 aliphatic heterocycles. The molecule has 0 radical (unpaired) electrons. The molecule has 4 aliphatic rings. The van der Waals surface area contributed by atoms with Crippen LogP contribution in [0, 0.1) is 39.9 Å². The van der Waals surface area contributed by atoms with E-state index >= 15 is 0 Å². The molecule has 9 heteroatoms. The van der Waals surface area contributed by atoms with E-state index in [1.807, 2.05) is 26.8 Å². The van der Waals surface area contributed by atoms with Gasteiger partial charge in [-0.25, -0.2) is 9.59 Å². The molecule has 0 unspecified atom stereocenters. The van der Waals surface area contributed by atoms with Gasteiger partial charge in [0.2, 0.25) is 0 Å². The van der Waals surface area contributed by atoms with E-state index in [2.05, 4.69) is 6.92 Å². The molecule has 0 aromatic carbocycles. The number of carbonyl (C=O) groups is 4. The van der Waals surface area contributed by atoms with Crippen molar-refractivity contribution in [2.45, 2.75) is 79.1 Å². The van der Waals surface area contributed by atoms with E-state index in [9.17, 15) is 24.3 Å². The molecular formula is C32H40O9. The first-order chi connectivity index (χ1) is 19.2. The first kappa shape index (κ1) is 29.3. The Balaban J connectivity index is 1.69. The van der Waals surface area contributed by atoms with Crippen LogP contribution in [0.15, 0.2) is 46.3 Å². The van der Waals surface area contributed by atoms with Crippen LogP contribution < -0.4 is 0 Å². The summed E-state index contributed by atoms with van der Waals surface area (Å²) in [6.07, 6.45) is 4.96. The molecule has 1 aromatic heterocycles. The van der Waals surface area contributed by atoms with Crippen LogP contribution in [0.2, 0.25) is 0 Å². The molecule has 222 valence electrons. The lowest BCUT2D eigenvalue weighted by molar-refractivity contribution is -0.208. The van der Waals surface area contributed by atoms with Crippen LogP contribution in [-0.2, 0) is 33.4 Å². The Labute approximate surface area is 240 Å². The number of fused-ring (bicyclic) bond motifs is 6. The number of methoxy groups -OCH3 is 1. The van der Waals surface area contributed by atoms with Crippen LogP contribution >= 0.6 is 0 Å². The molecule has 2 bridgehead atoms. The third kappa shape index (κ3) is 4.14. The number of allylic oxidation sites excluding steroid dienone is 2. The lowest BCUT2D eigenvalue weighted by Crippen LogP contribution is -2.69. The van der Waals surface area contributed by atoms with Crippen molar-refractivity contribution < 1.29 is 42.9 Å². The third-order valence-electron chi connectivity index (χ3n) is 10.8. The van der Waals surface area contributed by atoms with Crippen molar-refractivity contribution in [2.75, 3.05) is 7.11 Å². The van der Waals surface area contributed by atoms with Gasteiger partial charge >= 0.3 is 17.9 Å². The smallest absolute Gasteiger partial charge is 0.335 e. The second-order valence-electron chi connectivity index (χ2n) is 13.2. The Bertz CT molecular complexity index is 1320. The van der Waals surface area contributed by atoms with Crippen LogP contribution in [0.4, 0.5) is 0 Å². The summed E-state index contributed by atoms with van der Waals surface area (Å²) in [4.78, 5) is 53.4. The van der Waals surface area contributed by atoms with Crippen LogP contribution in [0.3, 0.4) is 0 Å². The monoisotopic (exact) mass is 568 g/mol. The molecule has 0 spiro atoms. The number of esters is 3. The van der Waals surface area contributed by atoms with Crippen molar-refractivity contribution in [3.05, 3.63) is 47.5 Å². The number of hydrogen-bond acceptors (Lipinski definition) is 9. The number of rotatable bonds is 5. The molecular weight excluding hydrogens is 528 g/mol. The number of aliphatic hydroxyl groups excluding tert-OH is 1. The maximum atomic E-state index is 14.5. The zero-order chi connectivity index (χ0) is 30.1. The molecule has 1 saturated heterocycles. The van der Waals surface area contributed by atoms with E-state index in [1.54, 1.807) is 38.5 Å². The van der Waals surface area contributed by atoms with Gasteiger partial charge in [-0.1, -0.05) is 45.4 Å². The van der Waals surface area contributed by atoms with Gasteiger partial charge in [0.15, 0.2) is 6.10 Å². The van der Waals surface area contributed by atoms with Crippen molar-refractivity contribution in [2.24, 2.45) is 39.9 Å². The number of furan rings is 1. The molecule has 1 aromatic rings. The van der Waals surface area contributed by atoms with E-state index in [-0.39, 0.29) is 30.0 Å². The van der Waals surface area contributed by atoms with Gasteiger partial charge in [-0.15, -0.1) is 0 Å². The van der Waals surface area contributed by atoms with E-state index in [1.165, 1.54) is 7.11 Å². The Morgan fingerprint density at radius 2 is 1.88 bits per heavy atom. The van der Waals surface area contributed by atoms with Gasteiger partial charge in [0.05, 0.1) is 32.0 Å². The number of aliphatic hydroxyl groups is 1. The summed E-state index contributed by atoms with van der Waals surface area (Å²) >= 11 is 0. The molecule has 5 rings (SSSR count). The van der Waals surface area contributed by atoms with Crippen molar-refractivity contribution in [3.8, 4) is 0 Å². The number of cyclic esters (lactones) is 1. The minimum atomic E-state index is -1.63. The minimum absolute atomic E-state index is 0.139. The first-order valence-electron chi connectivity index (χ1n) is 14.3. The molecule has 3 fully saturated rings. The highest BCUT2D eigenvalue weighted by molar-refractivity contribution is 5.95. The molecule has 2 saturated carbocycles. The van der Waals surface area contributed by atoms with Crippen molar-refractivity contribution >= 4 is 23.7 Å². The second kappa shape index (κ2) is 9.96. The topological polar surface area (TPSA) is 129 Å². The van der Waals surface area contributed by atoms with E-state index in [0.717, 1.165) is 11.1 Å². The molecule has 0 amide bonds. The fraction of sp³-hybridized carbons (Fsp3) is 0.625. The summed E-state index contributed by atoms with van der Waals surface area (Å²) < 4.78 is 22.2. The highest BCUT2D eigenvalue weighted by Gasteiger charge is 2.70. The lowest BCUT2D eigenvalue weighted by atomic mass is 9.40. The molecule has 9 nitrogen and oxygen atoms in total. The SMILES string of the molecule is C/C=C(\C)C(=O)O[C@H]1[C@@H]2C=C3[C@@H](CC[C@]4(C)[C@H]3CC(=O)O[C@H]4c3ccoc3)[C@@](C)(C2=O)[C@@H]([C@@H](O)C(=O)OC)C1(C)C. The molecule has 41 heavy (non-hydrogen) atoms. The van der Waals surface area contributed by atoms with Crippen molar-refractivity contribution in [1.82, 2.24) is 0 Å². The number of hydrogen-bond donors (Lipinski definition) is 1. The number of carbonyl (C=O) groups excluding carboxylic acids is 4. The number of Topliss-reactive ketones (excluding diaryl/α,β-unsaturated/α-hetero) is 1. The van der Waals surface area contributed by atoms with Crippen LogP contribution in [0.5, 0.6) is 0 Å². The highest BCUT2D eigenvalue weighted by Crippen LogP contribution is 2.68. The third-order valence-corrected chi connectivity index (χ3v) is 10.8. The summed E-state index contributed by atoms with van der Waals surface area (Å²) in [7, 11) is 1.20. The second-order valence-corrected chi connectivity index (χ2v) is 13.2. The molecule has 3 aliphatic carbocycles. The quantitative estimate of drug-likeness (QED) is 0.236. The summed E-state index contributed by atoms with van der Waals surface area (Å²) in [6, 6.07) is 1.80. The summed E-state index contributed by atoms with van der Waals surface area (Å²) in [5.41, 5.74) is -0.563. The molecule has 2 heterocycles. The number of ketones is 1. The van der Waals surface area contributed by atoms with Gasteiger partial charge in [-0.3, -0.25) is 9.59 Å². The highest BCUT2D eigenvalue weighted by atomic mass is 16.6. The zero-order valence-electron chi connectivity index (χ0n) is 24.8. The van der Waals surface area contributed by atoms with E-state index in [0.29, 0.717) is 18.4 Å². The Kier molecular flexibility index (Phi) is 7.12. The standard InChI is InChI=1S/C32H40O9/c1-8-16(2)28(36)41-27-19-13-18-20(32(6,25(19)35)24(30(27,3)4)23(34)29(37)38-7)9-11-31(5)21(18)14-22(33)40-26(31)17-10-12-39-15-17/h8,10,12-13,15,19-21,23-24,26-27,34H,9,11,14H2,1-7H3/b16-8+/t19-,20-,21+,23-,24+,26+,27+,31-,32-/m1/s1. The van der Waals surface area contributed by atoms with Crippen LogP contribution in [0.25, 0.3) is 0 Å². The first-order valence-corrected chi connectivity index (χ1v) is 14.3. The van der Waals surface area contributed by atoms with Gasteiger partial charge in [0, 0.05) is 33.3 Å². The summed E-state index contributed by atoms with van der Waals surface area (Å²) in [5, 5.41) is 11.5. The van der Waals surface area contributed by atoms with E-state index < -0.39 is 58.3 Å². The van der Waals surface area contributed by atoms with E-state index in [4.69, 9.17) is 18.6 Å². The van der Waals surface area contributed by atoms with Gasteiger partial charge in [0.1, 0.15) is 18.0 Å². The lowest BCUT2D eigenvalue weighted by Gasteiger charge is -2.64. The fourth-order valence-electron chi connectivity index (χ4n) is 8.68. The van der Waals surface area contributed by atoms with Gasteiger partial charge in [0.25, 0.3) is 0 Å². The summed E-state index contributed by atoms with van der Waals surface area (Å²) in [5.74, 6) is -4.27. The van der Waals surface area contributed by atoms with Crippen LogP contribution in [-0.4, -0.2) is 48.1 Å². The minimum Gasteiger partial charge on any atom is -0.472 e. The normalized spacial score (nSPS) is 38.5. The predicted octanol–water partition coefficient (Wildman–Crippen LogP) is 4.50. The summed E-state index contributed by atoms with van der Waals surface area (Å²) in [6.45, 7) is 11.0. The van der Waals surface area contributed by atoms with Gasteiger partial charge in [-0.05, 0) is 44.6 Å². The van der Waals surface area contributed by atoms with Crippen molar-refractivity contribution in [3.63, 3.8) is 0 Å². The van der Waals surface area contributed by atoms with Crippen molar-refractivity contribution in [1.29, 1.82) is 0 Å². The van der Waals surface area contributed by atoms with Gasteiger partial charge in [-0.2, -0.15) is 0 Å². The maximum Gasteiger partial charge on any atom is 0.335 e. The average Bonchev–Trinajstić information content (AvgIpc) is 3.46. The largest absolute Gasteiger partial charge is 0.472 e. The zero-order valence-corrected chi connectivity index (χ0v) is 24.8. The fourth-order valence-corrected chi connectivity index (χ4v) is 8.68. The Morgan fingerprint density at radius 1 is 1.17 bits per heavy atom. The average molecular weight is 569 g/mol. The predicted molar refractivity (Wildman–Crippen MR) is 146 cm³/mol. The van der Waals surface area contributed by atoms with Crippen LogP contribution in [0.1, 0.15) is 72.5 Å². The Hall–Kier alpha value is -3.20. The van der Waals surface area contributed by atoms with Gasteiger partial charge < -0.3 is 23.7 Å². The maximum absolute atomic E-state index is 14.5. The molecule has 9 atom stereocenters.